The highest BCUT2D eigenvalue weighted by Crippen LogP contribution is 2.21. The summed E-state index contributed by atoms with van der Waals surface area (Å²) in [4.78, 5) is 25.9. The second kappa shape index (κ2) is 10.1. The number of carbonyl (C=O) groups is 2. The van der Waals surface area contributed by atoms with E-state index in [0.717, 1.165) is 17.4 Å². The van der Waals surface area contributed by atoms with Crippen LogP contribution in [-0.4, -0.2) is 56.2 Å². The van der Waals surface area contributed by atoms with Crippen molar-refractivity contribution in [2.75, 3.05) is 33.4 Å². The zero-order valence-corrected chi connectivity index (χ0v) is 17.0. The number of ether oxygens (including phenoxy) is 3. The molecule has 2 aromatic carbocycles. The van der Waals surface area contributed by atoms with E-state index in [-0.39, 0.29) is 30.1 Å². The SMILES string of the molecule is COc1ccc(CNC(=O)N2CCOC(COc3ccc(F)cc3C(C)=O)C2)cc1. The molecule has 160 valence electrons. The van der Waals surface area contributed by atoms with Crippen molar-refractivity contribution >= 4 is 11.8 Å². The standard InChI is InChI=1S/C22H25FN2O5/c1-15(26)20-11-17(23)5-8-21(20)30-14-19-13-25(9-10-29-19)22(27)24-12-16-3-6-18(28-2)7-4-16/h3-8,11,19H,9-10,12-14H2,1-2H3,(H,24,27). The molecule has 0 saturated carbocycles. The minimum atomic E-state index is -0.499. The van der Waals surface area contributed by atoms with Crippen LogP contribution in [0.2, 0.25) is 0 Å². The molecular weight excluding hydrogens is 391 g/mol. The van der Waals surface area contributed by atoms with E-state index in [1.54, 1.807) is 12.0 Å². The predicted molar refractivity (Wildman–Crippen MR) is 108 cm³/mol. The van der Waals surface area contributed by atoms with Gasteiger partial charge < -0.3 is 24.4 Å². The number of rotatable bonds is 7. The van der Waals surface area contributed by atoms with Crippen LogP contribution in [-0.2, 0) is 11.3 Å². The van der Waals surface area contributed by atoms with Crippen molar-refractivity contribution in [3.63, 3.8) is 0 Å². The number of nitrogens with zero attached hydrogens (tertiary/aromatic N) is 1. The third-order valence-corrected chi connectivity index (χ3v) is 4.77. The number of methoxy groups -OCH3 is 1. The molecule has 7 nitrogen and oxygen atoms in total. The lowest BCUT2D eigenvalue weighted by molar-refractivity contribution is -0.0353. The third-order valence-electron chi connectivity index (χ3n) is 4.77. The Morgan fingerprint density at radius 2 is 2.00 bits per heavy atom. The van der Waals surface area contributed by atoms with Crippen LogP contribution in [0.4, 0.5) is 9.18 Å². The monoisotopic (exact) mass is 416 g/mol. The number of halogens is 1. The fourth-order valence-corrected chi connectivity index (χ4v) is 3.12. The van der Waals surface area contributed by atoms with Gasteiger partial charge in [0.25, 0.3) is 0 Å². The first-order valence-electron chi connectivity index (χ1n) is 9.67. The number of ketones is 1. The van der Waals surface area contributed by atoms with E-state index < -0.39 is 5.82 Å². The molecule has 3 rings (SSSR count). The number of urea groups is 1. The number of morpholine rings is 1. The molecule has 1 aliphatic rings. The van der Waals surface area contributed by atoms with E-state index in [4.69, 9.17) is 14.2 Å². The zero-order valence-electron chi connectivity index (χ0n) is 17.0. The smallest absolute Gasteiger partial charge is 0.317 e. The maximum atomic E-state index is 13.4. The minimum absolute atomic E-state index is 0.147. The number of carbonyl (C=O) groups excluding carboxylic acids is 2. The van der Waals surface area contributed by atoms with Gasteiger partial charge >= 0.3 is 6.03 Å². The van der Waals surface area contributed by atoms with E-state index in [1.807, 2.05) is 24.3 Å². The van der Waals surface area contributed by atoms with Gasteiger partial charge in [-0.25, -0.2) is 9.18 Å². The van der Waals surface area contributed by atoms with E-state index in [1.165, 1.54) is 19.1 Å². The number of hydrogen-bond acceptors (Lipinski definition) is 5. The first kappa shape index (κ1) is 21.6. The fraction of sp³-hybridized carbons (Fsp3) is 0.364. The van der Waals surface area contributed by atoms with Crippen molar-refractivity contribution < 1.29 is 28.2 Å². The van der Waals surface area contributed by atoms with Crippen molar-refractivity contribution in [2.24, 2.45) is 0 Å². The van der Waals surface area contributed by atoms with Crippen LogP contribution in [0.15, 0.2) is 42.5 Å². The van der Waals surface area contributed by atoms with E-state index >= 15 is 0 Å². The molecule has 1 N–H and O–H groups in total. The highest BCUT2D eigenvalue weighted by molar-refractivity contribution is 5.96. The summed E-state index contributed by atoms with van der Waals surface area (Å²) >= 11 is 0. The minimum Gasteiger partial charge on any atom is -0.497 e. The van der Waals surface area contributed by atoms with Crippen LogP contribution in [0.3, 0.4) is 0 Å². The van der Waals surface area contributed by atoms with Gasteiger partial charge in [-0.05, 0) is 42.8 Å². The lowest BCUT2D eigenvalue weighted by Gasteiger charge is -2.33. The van der Waals surface area contributed by atoms with Crippen LogP contribution < -0.4 is 14.8 Å². The van der Waals surface area contributed by atoms with Crippen LogP contribution in [0, 0.1) is 5.82 Å². The van der Waals surface area contributed by atoms with E-state index in [0.29, 0.717) is 32.0 Å². The molecule has 1 heterocycles. The second-order valence-electron chi connectivity index (χ2n) is 6.95. The maximum Gasteiger partial charge on any atom is 0.317 e. The average molecular weight is 416 g/mol. The van der Waals surface area contributed by atoms with Crippen molar-refractivity contribution in [1.82, 2.24) is 10.2 Å². The van der Waals surface area contributed by atoms with E-state index in [2.05, 4.69) is 5.32 Å². The third kappa shape index (κ3) is 5.70. The van der Waals surface area contributed by atoms with Crippen molar-refractivity contribution in [3.05, 3.63) is 59.4 Å². The summed E-state index contributed by atoms with van der Waals surface area (Å²) in [5, 5.41) is 2.89. The normalized spacial score (nSPS) is 16.1. The van der Waals surface area contributed by atoms with Gasteiger partial charge in [0.15, 0.2) is 5.78 Å². The Bertz CT molecular complexity index is 888. The first-order valence-corrected chi connectivity index (χ1v) is 9.67. The summed E-state index contributed by atoms with van der Waals surface area (Å²) in [6.45, 7) is 3.11. The molecule has 0 aromatic heterocycles. The van der Waals surface area contributed by atoms with Gasteiger partial charge in [0.2, 0.25) is 0 Å². The summed E-state index contributed by atoms with van der Waals surface area (Å²) in [7, 11) is 1.60. The lowest BCUT2D eigenvalue weighted by Crippen LogP contribution is -2.50. The molecule has 0 bridgehead atoms. The van der Waals surface area contributed by atoms with Gasteiger partial charge in [-0.3, -0.25) is 4.79 Å². The Balaban J connectivity index is 1.51. The first-order chi connectivity index (χ1) is 14.5. The maximum absolute atomic E-state index is 13.4. The Hall–Kier alpha value is -3.13. The summed E-state index contributed by atoms with van der Waals surface area (Å²) in [6.07, 6.45) is -0.352. The number of hydrogen-bond donors (Lipinski definition) is 1. The van der Waals surface area contributed by atoms with Gasteiger partial charge in [0.1, 0.15) is 30.0 Å². The summed E-state index contributed by atoms with van der Waals surface area (Å²) in [6, 6.07) is 11.1. The number of benzene rings is 2. The molecule has 1 aliphatic heterocycles. The molecule has 8 heteroatoms. The zero-order chi connectivity index (χ0) is 21.5. The lowest BCUT2D eigenvalue weighted by atomic mass is 10.1. The topological polar surface area (TPSA) is 77.1 Å². The molecular formula is C22H25FN2O5. The summed E-state index contributed by atoms with van der Waals surface area (Å²) < 4.78 is 29.9. The molecule has 0 aliphatic carbocycles. The van der Waals surface area contributed by atoms with Crippen LogP contribution >= 0.6 is 0 Å². The van der Waals surface area contributed by atoms with E-state index in [9.17, 15) is 14.0 Å². The van der Waals surface area contributed by atoms with Gasteiger partial charge in [-0.15, -0.1) is 0 Å². The van der Waals surface area contributed by atoms with Gasteiger partial charge in [-0.2, -0.15) is 0 Å². The van der Waals surface area contributed by atoms with Crippen molar-refractivity contribution in [1.29, 1.82) is 0 Å². The number of nitrogens with one attached hydrogen (secondary N) is 1. The average Bonchev–Trinajstić information content (AvgIpc) is 2.77. The highest BCUT2D eigenvalue weighted by Gasteiger charge is 2.25. The summed E-state index contributed by atoms with van der Waals surface area (Å²) in [5.74, 6) is 0.276. The molecule has 1 saturated heterocycles. The quantitative estimate of drug-likeness (QED) is 0.702. The molecule has 30 heavy (non-hydrogen) atoms. The molecule has 1 atom stereocenters. The van der Waals surface area contributed by atoms with Gasteiger partial charge in [0, 0.05) is 13.1 Å². The molecule has 0 spiro atoms. The van der Waals surface area contributed by atoms with Crippen molar-refractivity contribution in [2.45, 2.75) is 19.6 Å². The molecule has 1 unspecified atom stereocenters. The predicted octanol–water partition coefficient (Wildman–Crippen LogP) is 3.03. The van der Waals surface area contributed by atoms with Gasteiger partial charge in [0.05, 0.1) is 25.8 Å². The fourth-order valence-electron chi connectivity index (χ4n) is 3.12. The summed E-state index contributed by atoms with van der Waals surface area (Å²) in [5.41, 5.74) is 1.14. The Morgan fingerprint density at radius 1 is 1.23 bits per heavy atom. The Kier molecular flexibility index (Phi) is 7.24. The molecule has 2 amide bonds. The van der Waals surface area contributed by atoms with Gasteiger partial charge in [-0.1, -0.05) is 12.1 Å². The molecule has 2 aromatic rings. The molecule has 0 radical (unpaired) electrons. The second-order valence-corrected chi connectivity index (χ2v) is 6.95. The largest absolute Gasteiger partial charge is 0.497 e. The molecule has 1 fully saturated rings. The Morgan fingerprint density at radius 3 is 2.70 bits per heavy atom. The van der Waals surface area contributed by atoms with Crippen LogP contribution in [0.5, 0.6) is 11.5 Å². The number of amides is 2. The Labute approximate surface area is 174 Å². The van der Waals surface area contributed by atoms with Crippen LogP contribution in [0.25, 0.3) is 0 Å². The highest BCUT2D eigenvalue weighted by atomic mass is 19.1. The number of Topliss-reactive ketones (excluding diaryl/α,β-unsaturated/α-hetero) is 1. The van der Waals surface area contributed by atoms with Crippen molar-refractivity contribution in [3.8, 4) is 11.5 Å². The van der Waals surface area contributed by atoms with Crippen LogP contribution in [0.1, 0.15) is 22.8 Å².